The van der Waals surface area contributed by atoms with Crippen LogP contribution in [0.15, 0.2) is 64.4 Å². The highest BCUT2D eigenvalue weighted by Gasteiger charge is 2.06. The zero-order valence-electron chi connectivity index (χ0n) is 11.0. The quantitative estimate of drug-likeness (QED) is 0.743. The summed E-state index contributed by atoms with van der Waals surface area (Å²) >= 11 is 0. The van der Waals surface area contributed by atoms with Gasteiger partial charge in [-0.05, 0) is 42.8 Å². The third-order valence-electron chi connectivity index (χ3n) is 2.76. The van der Waals surface area contributed by atoms with Gasteiger partial charge in [0.05, 0.1) is 17.4 Å². The van der Waals surface area contributed by atoms with Crippen LogP contribution in [-0.4, -0.2) is 10.8 Å². The van der Waals surface area contributed by atoms with E-state index in [1.165, 1.54) is 0 Å². The van der Waals surface area contributed by atoms with E-state index in [1.54, 1.807) is 0 Å². The molecule has 1 atom stereocenters. The van der Waals surface area contributed by atoms with Crippen molar-refractivity contribution in [1.82, 2.24) is 0 Å². The topological polar surface area (TPSA) is 26.3 Å². The fraction of sp³-hybridized carbons (Fsp3) is 0.250. The average molecular weight is 274 g/mol. The summed E-state index contributed by atoms with van der Waals surface area (Å²) < 4.78 is 17.9. The van der Waals surface area contributed by atoms with Crippen LogP contribution >= 0.6 is 0 Å². The second kappa shape index (κ2) is 7.10. The minimum absolute atomic E-state index is 0.734. The van der Waals surface area contributed by atoms with Crippen molar-refractivity contribution >= 4 is 10.8 Å². The van der Waals surface area contributed by atoms with Gasteiger partial charge in [0, 0.05) is 9.79 Å². The van der Waals surface area contributed by atoms with Gasteiger partial charge in [0.15, 0.2) is 0 Å². The third kappa shape index (κ3) is 3.93. The summed E-state index contributed by atoms with van der Waals surface area (Å²) in [4.78, 5) is 1.62. The van der Waals surface area contributed by atoms with Gasteiger partial charge >= 0.3 is 0 Å². The van der Waals surface area contributed by atoms with Crippen molar-refractivity contribution in [2.75, 3.05) is 6.61 Å². The zero-order valence-corrected chi connectivity index (χ0v) is 11.9. The van der Waals surface area contributed by atoms with Crippen molar-refractivity contribution in [2.24, 2.45) is 0 Å². The molecule has 0 amide bonds. The largest absolute Gasteiger partial charge is 0.494 e. The Morgan fingerprint density at radius 1 is 0.947 bits per heavy atom. The Morgan fingerprint density at radius 2 is 1.58 bits per heavy atom. The first-order valence-electron chi connectivity index (χ1n) is 6.51. The minimum Gasteiger partial charge on any atom is -0.494 e. The molecule has 0 radical (unpaired) electrons. The predicted octanol–water partition coefficient (Wildman–Crippen LogP) is 4.03. The van der Waals surface area contributed by atoms with Gasteiger partial charge in [-0.25, -0.2) is 4.21 Å². The fourth-order valence-electron chi connectivity index (χ4n) is 1.67. The van der Waals surface area contributed by atoms with E-state index >= 15 is 0 Å². The normalized spacial score (nSPS) is 12.1. The number of benzene rings is 2. The summed E-state index contributed by atoms with van der Waals surface area (Å²) in [5.41, 5.74) is 0. The average Bonchev–Trinajstić information content (AvgIpc) is 2.48. The lowest BCUT2D eigenvalue weighted by molar-refractivity contribution is 0.309. The summed E-state index contributed by atoms with van der Waals surface area (Å²) in [5.74, 6) is 0.835. The molecule has 2 aromatic rings. The van der Waals surface area contributed by atoms with Gasteiger partial charge in [-0.1, -0.05) is 31.5 Å². The summed E-state index contributed by atoms with van der Waals surface area (Å²) in [6, 6.07) is 17.0. The second-order valence-electron chi connectivity index (χ2n) is 4.26. The molecular formula is C16H18O2S. The maximum absolute atomic E-state index is 12.3. The molecule has 0 aliphatic carbocycles. The molecule has 2 nitrogen and oxygen atoms in total. The standard InChI is InChI=1S/C16H18O2S/c1-2-3-13-18-14-9-11-16(12-10-14)19(17)15-7-5-4-6-8-15/h4-12H,2-3,13H2,1H3. The Balaban J connectivity index is 2.04. The van der Waals surface area contributed by atoms with Gasteiger partial charge in [0.2, 0.25) is 0 Å². The van der Waals surface area contributed by atoms with Gasteiger partial charge in [-0.3, -0.25) is 0 Å². The van der Waals surface area contributed by atoms with Gasteiger partial charge in [-0.2, -0.15) is 0 Å². The smallest absolute Gasteiger partial charge is 0.119 e. The highest BCUT2D eigenvalue weighted by Crippen LogP contribution is 2.19. The van der Waals surface area contributed by atoms with Crippen LogP contribution in [0, 0.1) is 0 Å². The molecule has 0 heterocycles. The van der Waals surface area contributed by atoms with E-state index in [2.05, 4.69) is 6.92 Å². The summed E-state index contributed by atoms with van der Waals surface area (Å²) in [7, 11) is -1.12. The molecule has 3 heteroatoms. The molecule has 19 heavy (non-hydrogen) atoms. The number of rotatable bonds is 6. The van der Waals surface area contributed by atoms with Crippen LogP contribution in [0.2, 0.25) is 0 Å². The lowest BCUT2D eigenvalue weighted by Gasteiger charge is -2.06. The minimum atomic E-state index is -1.12. The molecule has 100 valence electrons. The number of ether oxygens (including phenoxy) is 1. The summed E-state index contributed by atoms with van der Waals surface area (Å²) in [6.45, 7) is 2.87. The van der Waals surface area contributed by atoms with Gasteiger partial charge in [0.1, 0.15) is 5.75 Å². The Labute approximate surface area is 116 Å². The number of hydrogen-bond donors (Lipinski definition) is 0. The molecule has 0 N–H and O–H groups in total. The molecule has 2 rings (SSSR count). The molecular weight excluding hydrogens is 256 g/mol. The van der Waals surface area contributed by atoms with Crippen LogP contribution in [-0.2, 0) is 10.8 Å². The fourth-order valence-corrected chi connectivity index (χ4v) is 2.73. The van der Waals surface area contributed by atoms with Crippen LogP contribution in [0.3, 0.4) is 0 Å². The van der Waals surface area contributed by atoms with E-state index in [0.29, 0.717) is 0 Å². The van der Waals surface area contributed by atoms with Crippen LogP contribution in [0.4, 0.5) is 0 Å². The van der Waals surface area contributed by atoms with Crippen LogP contribution in [0.1, 0.15) is 19.8 Å². The molecule has 0 spiro atoms. The molecule has 0 aliphatic rings. The van der Waals surface area contributed by atoms with Crippen molar-refractivity contribution < 1.29 is 8.95 Å². The lowest BCUT2D eigenvalue weighted by atomic mass is 10.3. The zero-order chi connectivity index (χ0) is 13.5. The maximum Gasteiger partial charge on any atom is 0.119 e. The van der Waals surface area contributed by atoms with Crippen LogP contribution in [0.25, 0.3) is 0 Å². The highest BCUT2D eigenvalue weighted by molar-refractivity contribution is 7.85. The van der Waals surface area contributed by atoms with Crippen molar-refractivity contribution in [3.63, 3.8) is 0 Å². The molecule has 0 bridgehead atoms. The number of unbranched alkanes of at least 4 members (excludes halogenated alkanes) is 1. The molecule has 0 fully saturated rings. The SMILES string of the molecule is CCCCOc1ccc(S(=O)c2ccccc2)cc1. The Morgan fingerprint density at radius 3 is 2.21 bits per heavy atom. The molecule has 2 aromatic carbocycles. The van der Waals surface area contributed by atoms with Crippen molar-refractivity contribution in [1.29, 1.82) is 0 Å². The van der Waals surface area contributed by atoms with Crippen molar-refractivity contribution in [2.45, 2.75) is 29.6 Å². The maximum atomic E-state index is 12.3. The lowest BCUT2D eigenvalue weighted by Crippen LogP contribution is -1.97. The van der Waals surface area contributed by atoms with Gasteiger partial charge in [-0.15, -0.1) is 0 Å². The van der Waals surface area contributed by atoms with Gasteiger partial charge < -0.3 is 4.74 Å². The Kier molecular flexibility index (Phi) is 5.16. The first-order valence-corrected chi connectivity index (χ1v) is 7.66. The van der Waals surface area contributed by atoms with Crippen molar-refractivity contribution in [3.8, 4) is 5.75 Å². The van der Waals surface area contributed by atoms with E-state index in [9.17, 15) is 4.21 Å². The highest BCUT2D eigenvalue weighted by atomic mass is 32.2. The predicted molar refractivity (Wildman–Crippen MR) is 78.0 cm³/mol. The first kappa shape index (κ1) is 13.8. The molecule has 0 aliphatic heterocycles. The molecule has 1 unspecified atom stereocenters. The second-order valence-corrected chi connectivity index (χ2v) is 5.74. The van der Waals surface area contributed by atoms with E-state index < -0.39 is 10.8 Å². The van der Waals surface area contributed by atoms with Gasteiger partial charge in [0.25, 0.3) is 0 Å². The van der Waals surface area contributed by atoms with E-state index in [0.717, 1.165) is 35.0 Å². The molecule has 0 saturated heterocycles. The monoisotopic (exact) mass is 274 g/mol. The summed E-state index contributed by atoms with van der Waals surface area (Å²) in [5, 5.41) is 0. The first-order chi connectivity index (χ1) is 9.31. The van der Waals surface area contributed by atoms with Crippen molar-refractivity contribution in [3.05, 3.63) is 54.6 Å². The van der Waals surface area contributed by atoms with E-state index in [-0.39, 0.29) is 0 Å². The Bertz CT molecular complexity index is 520. The van der Waals surface area contributed by atoms with E-state index in [1.807, 2.05) is 54.6 Å². The third-order valence-corrected chi connectivity index (χ3v) is 4.16. The molecule has 0 saturated carbocycles. The Hall–Kier alpha value is -1.61. The summed E-state index contributed by atoms with van der Waals surface area (Å²) in [6.07, 6.45) is 2.17. The number of hydrogen-bond acceptors (Lipinski definition) is 2. The van der Waals surface area contributed by atoms with E-state index in [4.69, 9.17) is 4.74 Å². The molecule has 0 aromatic heterocycles. The van der Waals surface area contributed by atoms with Crippen LogP contribution in [0.5, 0.6) is 5.75 Å². The van der Waals surface area contributed by atoms with Crippen LogP contribution < -0.4 is 4.74 Å².